The van der Waals surface area contributed by atoms with Gasteiger partial charge >= 0.3 is 0 Å². The molecule has 0 fully saturated rings. The van der Waals surface area contributed by atoms with Gasteiger partial charge in [0.15, 0.2) is 5.13 Å². The van der Waals surface area contributed by atoms with E-state index in [0.717, 1.165) is 28.4 Å². The first-order valence-corrected chi connectivity index (χ1v) is 7.12. The van der Waals surface area contributed by atoms with Gasteiger partial charge in [-0.25, -0.2) is 9.37 Å². The van der Waals surface area contributed by atoms with Crippen LogP contribution in [0.3, 0.4) is 0 Å². The molecule has 2 aromatic rings. The fourth-order valence-electron chi connectivity index (χ4n) is 2.20. The quantitative estimate of drug-likeness (QED) is 0.910. The first-order chi connectivity index (χ1) is 8.85. The molecular formula is C14H20FN3S. The summed E-state index contributed by atoms with van der Waals surface area (Å²) in [6.45, 7) is 6.27. The lowest BCUT2D eigenvalue weighted by molar-refractivity contribution is 0.254. The van der Waals surface area contributed by atoms with Gasteiger partial charge in [-0.15, -0.1) is 0 Å². The predicted molar refractivity (Wildman–Crippen MR) is 80.4 cm³/mol. The van der Waals surface area contributed by atoms with Crippen molar-refractivity contribution in [1.82, 2.24) is 9.88 Å². The molecule has 2 rings (SSSR count). The van der Waals surface area contributed by atoms with Crippen molar-refractivity contribution in [1.29, 1.82) is 0 Å². The van der Waals surface area contributed by atoms with Gasteiger partial charge in [-0.05, 0) is 37.7 Å². The third-order valence-electron chi connectivity index (χ3n) is 2.81. The number of hydrogen-bond acceptors (Lipinski definition) is 4. The highest BCUT2D eigenvalue weighted by Gasteiger charge is 2.19. The summed E-state index contributed by atoms with van der Waals surface area (Å²) in [7, 11) is 4.14. The maximum atomic E-state index is 13.1. The molecule has 0 unspecified atom stereocenters. The minimum Gasteiger partial charge on any atom is -0.361 e. The molecule has 0 bridgehead atoms. The molecule has 19 heavy (non-hydrogen) atoms. The molecule has 3 nitrogen and oxygen atoms in total. The maximum absolute atomic E-state index is 13.1. The van der Waals surface area contributed by atoms with Crippen molar-refractivity contribution in [3.05, 3.63) is 24.0 Å². The van der Waals surface area contributed by atoms with Crippen LogP contribution in [0.4, 0.5) is 9.52 Å². The summed E-state index contributed by atoms with van der Waals surface area (Å²) in [6.07, 6.45) is 0. The lowest BCUT2D eigenvalue weighted by atomic mass is 9.93. The Morgan fingerprint density at radius 1 is 1.37 bits per heavy atom. The molecule has 1 heterocycles. The van der Waals surface area contributed by atoms with Crippen LogP contribution in [0.25, 0.3) is 10.2 Å². The van der Waals surface area contributed by atoms with Crippen molar-refractivity contribution in [2.24, 2.45) is 5.41 Å². The van der Waals surface area contributed by atoms with E-state index < -0.39 is 0 Å². The second-order valence-electron chi connectivity index (χ2n) is 5.89. The monoisotopic (exact) mass is 281 g/mol. The van der Waals surface area contributed by atoms with E-state index >= 15 is 0 Å². The van der Waals surface area contributed by atoms with Crippen LogP contribution < -0.4 is 5.32 Å². The van der Waals surface area contributed by atoms with Crippen molar-refractivity contribution >= 4 is 26.7 Å². The summed E-state index contributed by atoms with van der Waals surface area (Å²) < 4.78 is 14.0. The summed E-state index contributed by atoms with van der Waals surface area (Å²) in [4.78, 5) is 6.64. The molecule has 0 atom stereocenters. The number of fused-ring (bicyclic) bond motifs is 1. The zero-order valence-electron chi connectivity index (χ0n) is 11.8. The van der Waals surface area contributed by atoms with Crippen molar-refractivity contribution in [2.75, 3.05) is 32.5 Å². The third kappa shape index (κ3) is 3.88. The Balaban J connectivity index is 2.05. The highest BCUT2D eigenvalue weighted by molar-refractivity contribution is 7.22. The average molecular weight is 281 g/mol. The van der Waals surface area contributed by atoms with E-state index in [9.17, 15) is 4.39 Å². The van der Waals surface area contributed by atoms with Gasteiger partial charge in [0.25, 0.3) is 0 Å². The van der Waals surface area contributed by atoms with Gasteiger partial charge in [0, 0.05) is 13.1 Å². The maximum Gasteiger partial charge on any atom is 0.183 e. The van der Waals surface area contributed by atoms with E-state index in [-0.39, 0.29) is 11.2 Å². The Hall–Kier alpha value is -1.20. The zero-order valence-corrected chi connectivity index (χ0v) is 12.6. The van der Waals surface area contributed by atoms with Crippen molar-refractivity contribution in [3.8, 4) is 0 Å². The van der Waals surface area contributed by atoms with Gasteiger partial charge in [0.1, 0.15) is 5.82 Å². The molecular weight excluding hydrogens is 261 g/mol. The van der Waals surface area contributed by atoms with Crippen LogP contribution >= 0.6 is 11.3 Å². The van der Waals surface area contributed by atoms with E-state index in [0.29, 0.717) is 0 Å². The number of anilines is 1. The topological polar surface area (TPSA) is 28.2 Å². The molecule has 0 saturated carbocycles. The first-order valence-electron chi connectivity index (χ1n) is 6.30. The van der Waals surface area contributed by atoms with Crippen LogP contribution in [0.1, 0.15) is 13.8 Å². The van der Waals surface area contributed by atoms with Gasteiger partial charge in [-0.2, -0.15) is 0 Å². The molecule has 0 radical (unpaired) electrons. The Labute approximate surface area is 117 Å². The molecule has 0 amide bonds. The Morgan fingerprint density at radius 3 is 2.79 bits per heavy atom. The van der Waals surface area contributed by atoms with Crippen LogP contribution in [0.5, 0.6) is 0 Å². The van der Waals surface area contributed by atoms with E-state index in [1.807, 2.05) is 0 Å². The smallest absolute Gasteiger partial charge is 0.183 e. The van der Waals surface area contributed by atoms with Gasteiger partial charge in [-0.3, -0.25) is 0 Å². The second-order valence-corrected chi connectivity index (χ2v) is 6.92. The summed E-state index contributed by atoms with van der Waals surface area (Å²) in [5.41, 5.74) is 1.01. The number of nitrogens with zero attached hydrogens (tertiary/aromatic N) is 2. The number of halogens is 1. The Kier molecular flexibility index (Phi) is 4.06. The molecule has 0 aliphatic carbocycles. The molecule has 0 aliphatic rings. The second kappa shape index (κ2) is 5.43. The third-order valence-corrected chi connectivity index (χ3v) is 3.79. The highest BCUT2D eigenvalue weighted by Crippen LogP contribution is 2.27. The number of nitrogens with one attached hydrogen (secondary N) is 1. The van der Waals surface area contributed by atoms with Crippen LogP contribution in [-0.2, 0) is 0 Å². The van der Waals surface area contributed by atoms with Crippen molar-refractivity contribution < 1.29 is 4.39 Å². The molecule has 0 spiro atoms. The van der Waals surface area contributed by atoms with Crippen molar-refractivity contribution in [3.63, 3.8) is 0 Å². The minimum atomic E-state index is -0.212. The van der Waals surface area contributed by atoms with Gasteiger partial charge in [0.05, 0.1) is 10.2 Å². The SMILES string of the molecule is CN(C)CC(C)(C)CNc1nc2ccc(F)cc2s1. The largest absolute Gasteiger partial charge is 0.361 e. The van der Waals surface area contributed by atoms with Gasteiger partial charge in [-0.1, -0.05) is 25.2 Å². The van der Waals surface area contributed by atoms with E-state index in [1.165, 1.54) is 23.5 Å². The fraction of sp³-hybridized carbons (Fsp3) is 0.500. The lowest BCUT2D eigenvalue weighted by Crippen LogP contribution is -2.34. The molecule has 1 N–H and O–H groups in total. The van der Waals surface area contributed by atoms with E-state index in [4.69, 9.17) is 0 Å². The summed E-state index contributed by atoms with van der Waals surface area (Å²) >= 11 is 1.50. The number of benzene rings is 1. The molecule has 0 saturated heterocycles. The zero-order chi connectivity index (χ0) is 14.0. The molecule has 104 valence electrons. The number of thiazole rings is 1. The molecule has 1 aromatic heterocycles. The fourth-order valence-corrected chi connectivity index (χ4v) is 3.09. The molecule has 0 aliphatic heterocycles. The number of hydrogen-bond donors (Lipinski definition) is 1. The first kappa shape index (κ1) is 14.2. The summed E-state index contributed by atoms with van der Waals surface area (Å²) in [5, 5.41) is 4.21. The predicted octanol–water partition coefficient (Wildman–Crippen LogP) is 3.44. The van der Waals surface area contributed by atoms with Crippen LogP contribution in [0, 0.1) is 11.2 Å². The van der Waals surface area contributed by atoms with Gasteiger partial charge < -0.3 is 10.2 Å². The van der Waals surface area contributed by atoms with E-state index in [1.54, 1.807) is 6.07 Å². The van der Waals surface area contributed by atoms with Crippen molar-refractivity contribution in [2.45, 2.75) is 13.8 Å². The highest BCUT2D eigenvalue weighted by atomic mass is 32.1. The average Bonchev–Trinajstić information content (AvgIpc) is 2.66. The summed E-state index contributed by atoms with van der Waals surface area (Å²) in [5.74, 6) is -0.212. The standard InChI is InChI=1S/C14H20FN3S/c1-14(2,9-18(3)4)8-16-13-17-11-6-5-10(15)7-12(11)19-13/h5-7H,8-9H2,1-4H3,(H,16,17). The van der Waals surface area contributed by atoms with E-state index in [2.05, 4.69) is 43.1 Å². The number of rotatable bonds is 5. The van der Waals surface area contributed by atoms with Crippen LogP contribution in [0.15, 0.2) is 18.2 Å². The number of aromatic nitrogens is 1. The summed E-state index contributed by atoms with van der Waals surface area (Å²) in [6, 6.07) is 4.70. The van der Waals surface area contributed by atoms with Crippen LogP contribution in [0.2, 0.25) is 0 Å². The normalized spacial score (nSPS) is 12.3. The molecule has 5 heteroatoms. The van der Waals surface area contributed by atoms with Gasteiger partial charge in [0.2, 0.25) is 0 Å². The Morgan fingerprint density at radius 2 is 2.11 bits per heavy atom. The lowest BCUT2D eigenvalue weighted by Gasteiger charge is -2.28. The molecule has 1 aromatic carbocycles. The Bertz CT molecular complexity index is 563. The van der Waals surface area contributed by atoms with Crippen LogP contribution in [-0.4, -0.2) is 37.1 Å². The minimum absolute atomic E-state index is 0.159.